The van der Waals surface area contributed by atoms with Crippen molar-refractivity contribution in [1.29, 1.82) is 0 Å². The summed E-state index contributed by atoms with van der Waals surface area (Å²) in [7, 11) is -3.75. The van der Waals surface area contributed by atoms with Crippen molar-refractivity contribution in [3.63, 3.8) is 0 Å². The molecule has 6 aromatic carbocycles. The van der Waals surface area contributed by atoms with Crippen LogP contribution in [0.5, 0.6) is 0 Å². The van der Waals surface area contributed by atoms with Gasteiger partial charge in [-0.05, 0) is 98.2 Å². The van der Waals surface area contributed by atoms with Crippen LogP contribution in [0.25, 0.3) is 43.8 Å². The molecule has 0 atom stereocenters. The zero-order valence-electron chi connectivity index (χ0n) is 22.2. The van der Waals surface area contributed by atoms with Crippen molar-refractivity contribution >= 4 is 54.8 Å². The highest BCUT2D eigenvalue weighted by Crippen LogP contribution is 2.48. The first kappa shape index (κ1) is 26.2. The monoisotopic (exact) mass is 593 g/mol. The van der Waals surface area contributed by atoms with Crippen LogP contribution in [0.15, 0.2) is 114 Å². The lowest BCUT2D eigenvalue weighted by molar-refractivity contribution is 0.432. The Kier molecular flexibility index (Phi) is 6.40. The zero-order chi connectivity index (χ0) is 28.3. The summed E-state index contributed by atoms with van der Waals surface area (Å²) < 4.78 is 29.6. The van der Waals surface area contributed by atoms with Gasteiger partial charge in [-0.3, -0.25) is 0 Å². The van der Waals surface area contributed by atoms with E-state index in [1.165, 1.54) is 0 Å². The lowest BCUT2D eigenvalue weighted by Gasteiger charge is -2.20. The van der Waals surface area contributed by atoms with Crippen LogP contribution in [0.2, 0.25) is 10.0 Å². The SMILES string of the molecule is Cc1ccc(S(=O)(=O)N2Cc3c(c(-c4ccc(Cl)cc4)c4c(ccc5ccccc54)c3-c3ccc(Cl)cc3)C2)cc1. The molecule has 0 aromatic heterocycles. The predicted molar refractivity (Wildman–Crippen MR) is 170 cm³/mol. The molecule has 0 saturated carbocycles. The second-order valence-electron chi connectivity index (χ2n) is 10.5. The number of halogens is 2. The number of hydrogen-bond donors (Lipinski definition) is 0. The molecule has 7 rings (SSSR count). The lowest BCUT2D eigenvalue weighted by Crippen LogP contribution is -2.25. The zero-order valence-corrected chi connectivity index (χ0v) is 24.6. The van der Waals surface area contributed by atoms with E-state index in [-0.39, 0.29) is 13.1 Å². The minimum absolute atomic E-state index is 0.267. The molecule has 3 nitrogen and oxygen atoms in total. The van der Waals surface area contributed by atoms with Crippen molar-refractivity contribution in [3.8, 4) is 22.3 Å². The van der Waals surface area contributed by atoms with Crippen LogP contribution >= 0.6 is 23.2 Å². The molecule has 6 heteroatoms. The molecule has 0 unspecified atom stereocenters. The molecule has 6 aromatic rings. The molecule has 1 heterocycles. The fraction of sp³-hybridized carbons (Fsp3) is 0.0857. The van der Waals surface area contributed by atoms with Crippen molar-refractivity contribution in [1.82, 2.24) is 4.31 Å². The largest absolute Gasteiger partial charge is 0.243 e. The van der Waals surface area contributed by atoms with Crippen LogP contribution in [0.3, 0.4) is 0 Å². The summed E-state index contributed by atoms with van der Waals surface area (Å²) in [5, 5.41) is 5.72. The van der Waals surface area contributed by atoms with Gasteiger partial charge >= 0.3 is 0 Å². The lowest BCUT2D eigenvalue weighted by atomic mass is 9.83. The number of benzene rings is 6. The van der Waals surface area contributed by atoms with Gasteiger partial charge < -0.3 is 0 Å². The molecule has 0 bridgehead atoms. The van der Waals surface area contributed by atoms with Gasteiger partial charge in [-0.25, -0.2) is 8.42 Å². The predicted octanol–water partition coefficient (Wildman–Crippen LogP) is 9.65. The van der Waals surface area contributed by atoms with Crippen LogP contribution in [0.4, 0.5) is 0 Å². The second kappa shape index (κ2) is 10.0. The maximum absolute atomic E-state index is 14.0. The number of rotatable bonds is 4. The highest BCUT2D eigenvalue weighted by atomic mass is 35.5. The second-order valence-corrected chi connectivity index (χ2v) is 13.3. The van der Waals surface area contributed by atoms with Crippen molar-refractivity contribution in [2.24, 2.45) is 0 Å². The van der Waals surface area contributed by atoms with Crippen LogP contribution in [-0.4, -0.2) is 12.7 Å². The van der Waals surface area contributed by atoms with Crippen molar-refractivity contribution < 1.29 is 8.42 Å². The molecule has 0 aliphatic carbocycles. The third kappa shape index (κ3) is 4.43. The van der Waals surface area contributed by atoms with E-state index in [1.54, 1.807) is 16.4 Å². The molecule has 0 amide bonds. The molecule has 0 N–H and O–H groups in total. The van der Waals surface area contributed by atoms with E-state index >= 15 is 0 Å². The number of nitrogens with zero attached hydrogens (tertiary/aromatic N) is 1. The summed E-state index contributed by atoms with van der Waals surface area (Å²) in [6.07, 6.45) is 0. The Hall–Kier alpha value is -3.67. The van der Waals surface area contributed by atoms with E-state index in [2.05, 4.69) is 30.3 Å². The Labute approximate surface area is 249 Å². The van der Waals surface area contributed by atoms with Gasteiger partial charge in [0.15, 0.2) is 0 Å². The van der Waals surface area contributed by atoms with Crippen molar-refractivity contribution in [2.45, 2.75) is 24.9 Å². The molecule has 0 spiro atoms. The number of hydrogen-bond acceptors (Lipinski definition) is 2. The standard InChI is InChI=1S/C35H25Cl2NO2S/c1-22-6-17-28(18-7-22)41(39,40)38-20-31-32(21-38)34(25-10-15-27(37)16-11-25)35-29-5-3-2-4-23(29)12-19-30(35)33(31)24-8-13-26(36)14-9-24/h2-19H,20-21H2,1H3. The van der Waals surface area contributed by atoms with Crippen LogP contribution in [0, 0.1) is 6.92 Å². The third-order valence-electron chi connectivity index (χ3n) is 8.01. The summed E-state index contributed by atoms with van der Waals surface area (Å²) in [5.41, 5.74) is 7.13. The van der Waals surface area contributed by atoms with Crippen LogP contribution < -0.4 is 0 Å². The fourth-order valence-corrected chi connectivity index (χ4v) is 7.66. The highest BCUT2D eigenvalue weighted by molar-refractivity contribution is 7.89. The molecule has 1 aliphatic heterocycles. The number of aryl methyl sites for hydroxylation is 1. The first-order valence-electron chi connectivity index (χ1n) is 13.4. The Morgan fingerprint density at radius 1 is 0.610 bits per heavy atom. The molecule has 202 valence electrons. The Balaban J connectivity index is 1.58. The average molecular weight is 595 g/mol. The van der Waals surface area contributed by atoms with Crippen molar-refractivity contribution in [2.75, 3.05) is 0 Å². The smallest absolute Gasteiger partial charge is 0.207 e. The van der Waals surface area contributed by atoms with Crippen molar-refractivity contribution in [3.05, 3.63) is 136 Å². The van der Waals surface area contributed by atoms with E-state index in [4.69, 9.17) is 23.2 Å². The summed E-state index contributed by atoms with van der Waals surface area (Å²) in [4.78, 5) is 0.298. The third-order valence-corrected chi connectivity index (χ3v) is 10.3. The normalized spacial score (nSPS) is 13.6. The van der Waals surface area contributed by atoms with Gasteiger partial charge in [-0.2, -0.15) is 4.31 Å². The number of fused-ring (bicyclic) bond motifs is 4. The Bertz CT molecular complexity index is 2070. The van der Waals surface area contributed by atoms with E-state index in [0.29, 0.717) is 14.9 Å². The van der Waals surface area contributed by atoms with E-state index in [9.17, 15) is 8.42 Å². The molecule has 0 saturated heterocycles. The fourth-order valence-electron chi connectivity index (χ4n) is 6.03. The Morgan fingerprint density at radius 3 is 1.80 bits per heavy atom. The minimum Gasteiger partial charge on any atom is -0.207 e. The van der Waals surface area contributed by atoms with E-state index < -0.39 is 10.0 Å². The van der Waals surface area contributed by atoms with Gasteiger partial charge in [-0.1, -0.05) is 102 Å². The van der Waals surface area contributed by atoms with Gasteiger partial charge in [-0.15, -0.1) is 0 Å². The highest BCUT2D eigenvalue weighted by Gasteiger charge is 2.35. The van der Waals surface area contributed by atoms with Gasteiger partial charge in [0.2, 0.25) is 10.0 Å². The van der Waals surface area contributed by atoms with Gasteiger partial charge in [0.1, 0.15) is 0 Å². The maximum Gasteiger partial charge on any atom is 0.243 e. The van der Waals surface area contributed by atoms with Gasteiger partial charge in [0.05, 0.1) is 4.90 Å². The van der Waals surface area contributed by atoms with Gasteiger partial charge in [0, 0.05) is 23.1 Å². The van der Waals surface area contributed by atoms with E-state index in [1.807, 2.05) is 73.7 Å². The first-order chi connectivity index (χ1) is 19.8. The van der Waals surface area contributed by atoms with E-state index in [0.717, 1.165) is 60.5 Å². The summed E-state index contributed by atoms with van der Waals surface area (Å²) >= 11 is 12.6. The number of sulfonamides is 1. The Morgan fingerprint density at radius 2 is 1.17 bits per heavy atom. The average Bonchev–Trinajstić information content (AvgIpc) is 3.43. The summed E-state index contributed by atoms with van der Waals surface area (Å²) in [6, 6.07) is 35.4. The molecular formula is C35H25Cl2NO2S. The molecule has 0 radical (unpaired) electrons. The minimum atomic E-state index is -3.75. The molecule has 0 fully saturated rings. The quantitative estimate of drug-likeness (QED) is 0.191. The summed E-state index contributed by atoms with van der Waals surface area (Å²) in [5.74, 6) is 0. The molecule has 1 aliphatic rings. The van der Waals surface area contributed by atoms with Crippen LogP contribution in [-0.2, 0) is 23.1 Å². The maximum atomic E-state index is 14.0. The topological polar surface area (TPSA) is 37.4 Å². The molecular weight excluding hydrogens is 569 g/mol. The molecule has 41 heavy (non-hydrogen) atoms. The first-order valence-corrected chi connectivity index (χ1v) is 15.6. The van der Waals surface area contributed by atoms with Crippen LogP contribution in [0.1, 0.15) is 16.7 Å². The van der Waals surface area contributed by atoms with Gasteiger partial charge in [0.25, 0.3) is 0 Å². The summed E-state index contributed by atoms with van der Waals surface area (Å²) in [6.45, 7) is 2.49.